The SMILES string of the molecule is O=C(O)c1cccc2ccn(Cc3ccc(F)cc3)c12. The molecule has 4 heteroatoms. The second-order valence-electron chi connectivity index (χ2n) is 4.62. The summed E-state index contributed by atoms with van der Waals surface area (Å²) >= 11 is 0. The molecule has 0 bridgehead atoms. The highest BCUT2D eigenvalue weighted by atomic mass is 19.1. The molecule has 0 amide bonds. The van der Waals surface area contributed by atoms with Crippen molar-refractivity contribution in [2.24, 2.45) is 0 Å². The van der Waals surface area contributed by atoms with Gasteiger partial charge in [0.1, 0.15) is 5.82 Å². The van der Waals surface area contributed by atoms with E-state index in [9.17, 15) is 14.3 Å². The second-order valence-corrected chi connectivity index (χ2v) is 4.62. The molecule has 100 valence electrons. The smallest absolute Gasteiger partial charge is 0.337 e. The number of carboxylic acid groups (broad SMARTS) is 1. The molecule has 2 aromatic carbocycles. The van der Waals surface area contributed by atoms with Crippen LogP contribution in [0.4, 0.5) is 4.39 Å². The Morgan fingerprint density at radius 1 is 1.10 bits per heavy atom. The van der Waals surface area contributed by atoms with Crippen molar-refractivity contribution in [1.82, 2.24) is 4.57 Å². The number of benzene rings is 2. The predicted molar refractivity (Wildman–Crippen MR) is 74.4 cm³/mol. The molecule has 0 aliphatic heterocycles. The highest BCUT2D eigenvalue weighted by Gasteiger charge is 2.12. The summed E-state index contributed by atoms with van der Waals surface area (Å²) in [5, 5.41) is 10.1. The van der Waals surface area contributed by atoms with E-state index >= 15 is 0 Å². The Labute approximate surface area is 114 Å². The van der Waals surface area contributed by atoms with Gasteiger partial charge in [-0.05, 0) is 29.8 Å². The third-order valence-electron chi connectivity index (χ3n) is 3.29. The van der Waals surface area contributed by atoms with Crippen molar-refractivity contribution in [3.63, 3.8) is 0 Å². The largest absolute Gasteiger partial charge is 0.478 e. The average Bonchev–Trinajstić information content (AvgIpc) is 2.84. The van der Waals surface area contributed by atoms with Crippen LogP contribution in [-0.2, 0) is 6.54 Å². The van der Waals surface area contributed by atoms with Crippen molar-refractivity contribution in [2.45, 2.75) is 6.54 Å². The number of aromatic nitrogens is 1. The van der Waals surface area contributed by atoms with Crippen molar-refractivity contribution in [2.75, 3.05) is 0 Å². The van der Waals surface area contributed by atoms with Gasteiger partial charge in [0.05, 0.1) is 11.1 Å². The highest BCUT2D eigenvalue weighted by molar-refractivity contribution is 6.02. The topological polar surface area (TPSA) is 42.2 Å². The van der Waals surface area contributed by atoms with Gasteiger partial charge < -0.3 is 9.67 Å². The quantitative estimate of drug-likeness (QED) is 0.790. The number of rotatable bonds is 3. The minimum Gasteiger partial charge on any atom is -0.478 e. The molecule has 1 heterocycles. The molecular formula is C16H12FNO2. The van der Waals surface area contributed by atoms with Crippen LogP contribution in [0.2, 0.25) is 0 Å². The normalized spacial score (nSPS) is 10.8. The Kier molecular flexibility index (Phi) is 2.99. The van der Waals surface area contributed by atoms with Crippen LogP contribution in [0.5, 0.6) is 0 Å². The van der Waals surface area contributed by atoms with Crippen LogP contribution in [0.15, 0.2) is 54.7 Å². The Balaban J connectivity index is 2.07. The fourth-order valence-electron chi connectivity index (χ4n) is 2.35. The average molecular weight is 269 g/mol. The van der Waals surface area contributed by atoms with Crippen molar-refractivity contribution < 1.29 is 14.3 Å². The van der Waals surface area contributed by atoms with Crippen molar-refractivity contribution in [3.05, 3.63) is 71.7 Å². The monoisotopic (exact) mass is 269 g/mol. The highest BCUT2D eigenvalue weighted by Crippen LogP contribution is 2.21. The predicted octanol–water partition coefficient (Wildman–Crippen LogP) is 3.53. The van der Waals surface area contributed by atoms with E-state index in [-0.39, 0.29) is 11.4 Å². The van der Waals surface area contributed by atoms with Crippen molar-refractivity contribution in [3.8, 4) is 0 Å². The van der Waals surface area contributed by atoms with Gasteiger partial charge in [-0.1, -0.05) is 24.3 Å². The molecule has 1 N–H and O–H groups in total. The summed E-state index contributed by atoms with van der Waals surface area (Å²) < 4.78 is 14.8. The summed E-state index contributed by atoms with van der Waals surface area (Å²) in [6.45, 7) is 0.508. The first-order valence-corrected chi connectivity index (χ1v) is 6.21. The first-order valence-electron chi connectivity index (χ1n) is 6.21. The maximum atomic E-state index is 12.9. The molecular weight excluding hydrogens is 257 g/mol. The molecule has 0 atom stereocenters. The van der Waals surface area contributed by atoms with Crippen LogP contribution >= 0.6 is 0 Å². The Morgan fingerprint density at radius 2 is 1.85 bits per heavy atom. The number of nitrogens with zero attached hydrogens (tertiary/aromatic N) is 1. The van der Waals surface area contributed by atoms with E-state index in [1.807, 2.05) is 22.9 Å². The molecule has 0 aliphatic carbocycles. The molecule has 0 unspecified atom stereocenters. The van der Waals surface area contributed by atoms with Crippen LogP contribution in [0, 0.1) is 5.82 Å². The summed E-state index contributed by atoms with van der Waals surface area (Å²) in [5.41, 5.74) is 1.88. The molecule has 1 aromatic heterocycles. The summed E-state index contributed by atoms with van der Waals surface area (Å²) in [6, 6.07) is 13.3. The fourth-order valence-corrected chi connectivity index (χ4v) is 2.35. The van der Waals surface area contributed by atoms with Gasteiger partial charge in [0, 0.05) is 18.1 Å². The van der Waals surface area contributed by atoms with Crippen LogP contribution in [0.1, 0.15) is 15.9 Å². The van der Waals surface area contributed by atoms with E-state index < -0.39 is 5.97 Å². The summed E-state index contributed by atoms with van der Waals surface area (Å²) in [5.74, 6) is -1.23. The lowest BCUT2D eigenvalue weighted by Crippen LogP contribution is -2.04. The van der Waals surface area contributed by atoms with Gasteiger partial charge in [0.25, 0.3) is 0 Å². The van der Waals surface area contributed by atoms with Gasteiger partial charge in [0.15, 0.2) is 0 Å². The number of hydrogen-bond donors (Lipinski definition) is 1. The maximum absolute atomic E-state index is 12.9. The van der Waals surface area contributed by atoms with E-state index in [1.54, 1.807) is 24.3 Å². The Hall–Kier alpha value is -2.62. The van der Waals surface area contributed by atoms with Gasteiger partial charge in [-0.15, -0.1) is 0 Å². The molecule has 0 spiro atoms. The van der Waals surface area contributed by atoms with Crippen LogP contribution in [0.25, 0.3) is 10.9 Å². The molecule has 3 rings (SSSR count). The minimum atomic E-state index is -0.949. The first-order chi connectivity index (χ1) is 9.65. The molecule has 0 fully saturated rings. The molecule has 3 nitrogen and oxygen atoms in total. The molecule has 0 aliphatic rings. The fraction of sp³-hybridized carbons (Fsp3) is 0.0625. The molecule has 0 radical (unpaired) electrons. The number of carboxylic acids is 1. The number of para-hydroxylation sites is 1. The third kappa shape index (κ3) is 2.16. The zero-order valence-corrected chi connectivity index (χ0v) is 10.6. The number of aromatic carboxylic acids is 1. The summed E-state index contributed by atoms with van der Waals surface area (Å²) in [7, 11) is 0. The second kappa shape index (κ2) is 4.81. The number of carbonyl (C=O) groups is 1. The standard InChI is InChI=1S/C16H12FNO2/c17-13-6-4-11(5-7-13)10-18-9-8-12-2-1-3-14(15(12)18)16(19)20/h1-9H,10H2,(H,19,20). The lowest BCUT2D eigenvalue weighted by molar-refractivity contribution is 0.0698. The van der Waals surface area contributed by atoms with Crippen LogP contribution in [-0.4, -0.2) is 15.6 Å². The number of fused-ring (bicyclic) bond motifs is 1. The van der Waals surface area contributed by atoms with E-state index in [0.717, 1.165) is 10.9 Å². The molecule has 3 aromatic rings. The molecule has 0 saturated heterocycles. The maximum Gasteiger partial charge on any atom is 0.337 e. The lowest BCUT2D eigenvalue weighted by Gasteiger charge is -2.08. The summed E-state index contributed by atoms with van der Waals surface area (Å²) in [6.07, 6.45) is 1.85. The van der Waals surface area contributed by atoms with Gasteiger partial charge in [0.2, 0.25) is 0 Å². The van der Waals surface area contributed by atoms with Gasteiger partial charge in [-0.3, -0.25) is 0 Å². The number of halogens is 1. The van der Waals surface area contributed by atoms with E-state index in [4.69, 9.17) is 0 Å². The van der Waals surface area contributed by atoms with Gasteiger partial charge in [-0.2, -0.15) is 0 Å². The van der Waals surface area contributed by atoms with E-state index in [1.165, 1.54) is 12.1 Å². The third-order valence-corrected chi connectivity index (χ3v) is 3.29. The summed E-state index contributed by atoms with van der Waals surface area (Å²) in [4.78, 5) is 11.3. The zero-order valence-electron chi connectivity index (χ0n) is 10.6. The molecule has 0 saturated carbocycles. The zero-order chi connectivity index (χ0) is 14.1. The van der Waals surface area contributed by atoms with Crippen molar-refractivity contribution in [1.29, 1.82) is 0 Å². The van der Waals surface area contributed by atoms with E-state index in [2.05, 4.69) is 0 Å². The lowest BCUT2D eigenvalue weighted by atomic mass is 10.1. The van der Waals surface area contributed by atoms with Gasteiger partial charge >= 0.3 is 5.97 Å². The first kappa shape index (κ1) is 12.4. The van der Waals surface area contributed by atoms with Crippen molar-refractivity contribution >= 4 is 16.9 Å². The van der Waals surface area contributed by atoms with Crippen LogP contribution in [0.3, 0.4) is 0 Å². The molecule has 20 heavy (non-hydrogen) atoms. The Morgan fingerprint density at radius 3 is 2.55 bits per heavy atom. The Bertz CT molecular complexity index is 775. The number of hydrogen-bond acceptors (Lipinski definition) is 1. The van der Waals surface area contributed by atoms with Gasteiger partial charge in [-0.25, -0.2) is 9.18 Å². The van der Waals surface area contributed by atoms with Crippen LogP contribution < -0.4 is 0 Å². The van der Waals surface area contributed by atoms with E-state index in [0.29, 0.717) is 12.1 Å². The minimum absolute atomic E-state index is 0.273.